The van der Waals surface area contributed by atoms with Crippen LogP contribution in [0.25, 0.3) is 0 Å². The third-order valence-corrected chi connectivity index (χ3v) is 4.21. The van der Waals surface area contributed by atoms with Crippen molar-refractivity contribution in [1.82, 2.24) is 4.90 Å². The van der Waals surface area contributed by atoms with Crippen molar-refractivity contribution in [3.8, 4) is 0 Å². The minimum absolute atomic E-state index is 0.0487. The Labute approximate surface area is 98.8 Å². The summed E-state index contributed by atoms with van der Waals surface area (Å²) < 4.78 is 5.48. The molecule has 0 amide bonds. The van der Waals surface area contributed by atoms with E-state index in [4.69, 9.17) is 9.84 Å². The van der Waals surface area contributed by atoms with E-state index >= 15 is 0 Å². The summed E-state index contributed by atoms with van der Waals surface area (Å²) in [4.78, 5) is 2.48. The summed E-state index contributed by atoms with van der Waals surface area (Å²) in [5.74, 6) is 1.75. The summed E-state index contributed by atoms with van der Waals surface area (Å²) in [6.45, 7) is 6.51. The maximum atomic E-state index is 9.11. The second kappa shape index (κ2) is 5.99. The van der Waals surface area contributed by atoms with E-state index in [0.717, 1.165) is 31.5 Å². The fraction of sp³-hybridized carbons (Fsp3) is 1.00. The molecular weight excluding hydrogens is 202 g/mol. The third-order valence-electron chi connectivity index (χ3n) is 4.21. The zero-order valence-electron chi connectivity index (χ0n) is 10.4. The summed E-state index contributed by atoms with van der Waals surface area (Å²) in [5, 5.41) is 9.11. The van der Waals surface area contributed by atoms with E-state index in [1.165, 1.54) is 32.2 Å². The molecule has 0 aromatic carbocycles. The Morgan fingerprint density at radius 3 is 2.88 bits per heavy atom. The first-order valence-electron chi connectivity index (χ1n) is 6.74. The van der Waals surface area contributed by atoms with Crippen molar-refractivity contribution in [2.75, 3.05) is 32.8 Å². The Morgan fingerprint density at radius 1 is 1.31 bits per heavy atom. The van der Waals surface area contributed by atoms with Gasteiger partial charge in [0, 0.05) is 19.6 Å². The predicted octanol–water partition coefficient (Wildman–Crippen LogP) is 1.51. The molecule has 3 nitrogen and oxygen atoms in total. The lowest BCUT2D eigenvalue weighted by Crippen LogP contribution is -2.46. The molecule has 1 aliphatic heterocycles. The van der Waals surface area contributed by atoms with Gasteiger partial charge in [-0.1, -0.05) is 26.2 Å². The topological polar surface area (TPSA) is 32.7 Å². The molecule has 0 radical (unpaired) electrons. The fourth-order valence-corrected chi connectivity index (χ4v) is 3.05. The van der Waals surface area contributed by atoms with Crippen molar-refractivity contribution in [3.05, 3.63) is 0 Å². The molecule has 1 aliphatic carbocycles. The van der Waals surface area contributed by atoms with E-state index in [9.17, 15) is 0 Å². The van der Waals surface area contributed by atoms with Crippen molar-refractivity contribution in [2.45, 2.75) is 38.7 Å². The maximum Gasteiger partial charge on any atom is 0.0932 e. The third kappa shape index (κ3) is 3.19. The first-order valence-corrected chi connectivity index (χ1v) is 6.74. The van der Waals surface area contributed by atoms with E-state index in [2.05, 4.69) is 11.8 Å². The van der Waals surface area contributed by atoms with Crippen LogP contribution >= 0.6 is 0 Å². The summed E-state index contributed by atoms with van der Waals surface area (Å²) in [6.07, 6.45) is 5.66. The van der Waals surface area contributed by atoms with E-state index in [-0.39, 0.29) is 12.7 Å². The highest BCUT2D eigenvalue weighted by atomic mass is 16.5. The van der Waals surface area contributed by atoms with Gasteiger partial charge in [0.1, 0.15) is 0 Å². The summed E-state index contributed by atoms with van der Waals surface area (Å²) >= 11 is 0. The van der Waals surface area contributed by atoms with Gasteiger partial charge in [0.05, 0.1) is 19.3 Å². The first-order chi connectivity index (χ1) is 7.79. The van der Waals surface area contributed by atoms with E-state index in [0.29, 0.717) is 0 Å². The van der Waals surface area contributed by atoms with Crippen LogP contribution in [0.2, 0.25) is 0 Å². The molecule has 1 N–H and O–H groups in total. The van der Waals surface area contributed by atoms with Crippen molar-refractivity contribution < 1.29 is 9.84 Å². The number of nitrogens with zero attached hydrogens (tertiary/aromatic N) is 1. The van der Waals surface area contributed by atoms with Crippen LogP contribution in [0.5, 0.6) is 0 Å². The van der Waals surface area contributed by atoms with Gasteiger partial charge in [-0.15, -0.1) is 0 Å². The van der Waals surface area contributed by atoms with Gasteiger partial charge in [-0.3, -0.25) is 4.90 Å². The SMILES string of the molecule is C[C@@H]1CCCC[C@@H]1CN1CCO[C@H](CO)C1. The van der Waals surface area contributed by atoms with Gasteiger partial charge >= 0.3 is 0 Å². The Balaban J connectivity index is 1.79. The second-order valence-electron chi connectivity index (χ2n) is 5.46. The van der Waals surface area contributed by atoms with Gasteiger partial charge in [0.2, 0.25) is 0 Å². The molecule has 1 heterocycles. The van der Waals surface area contributed by atoms with Crippen molar-refractivity contribution in [2.24, 2.45) is 11.8 Å². The average Bonchev–Trinajstić information content (AvgIpc) is 2.32. The van der Waals surface area contributed by atoms with E-state index in [1.807, 2.05) is 0 Å². The molecule has 0 bridgehead atoms. The highest BCUT2D eigenvalue weighted by molar-refractivity contribution is 4.78. The van der Waals surface area contributed by atoms with Crippen LogP contribution in [0.15, 0.2) is 0 Å². The molecule has 1 saturated carbocycles. The Hall–Kier alpha value is -0.120. The summed E-state index contributed by atoms with van der Waals surface area (Å²) in [7, 11) is 0. The standard InChI is InChI=1S/C13H25NO2/c1-11-4-2-3-5-12(11)8-14-6-7-16-13(9-14)10-15/h11-13,15H,2-10H2,1H3/t11-,12-,13+/m1/s1. The largest absolute Gasteiger partial charge is 0.394 e. The monoisotopic (exact) mass is 227 g/mol. The number of hydrogen-bond acceptors (Lipinski definition) is 3. The Bertz CT molecular complexity index is 210. The normalized spacial score (nSPS) is 37.5. The molecule has 2 aliphatic rings. The molecule has 0 spiro atoms. The van der Waals surface area contributed by atoms with Crippen LogP contribution in [0, 0.1) is 11.8 Å². The van der Waals surface area contributed by atoms with Crippen molar-refractivity contribution >= 4 is 0 Å². The van der Waals surface area contributed by atoms with E-state index < -0.39 is 0 Å². The van der Waals surface area contributed by atoms with Crippen LogP contribution in [0.4, 0.5) is 0 Å². The zero-order chi connectivity index (χ0) is 11.4. The molecule has 0 aromatic rings. The number of morpholine rings is 1. The minimum Gasteiger partial charge on any atom is -0.394 e. The quantitative estimate of drug-likeness (QED) is 0.793. The molecule has 3 atom stereocenters. The molecule has 2 rings (SSSR count). The molecule has 94 valence electrons. The smallest absolute Gasteiger partial charge is 0.0932 e. The number of rotatable bonds is 3. The van der Waals surface area contributed by atoms with Crippen LogP contribution in [-0.4, -0.2) is 49.0 Å². The highest BCUT2D eigenvalue weighted by Gasteiger charge is 2.26. The summed E-state index contributed by atoms with van der Waals surface area (Å²) in [5.41, 5.74) is 0. The molecule has 3 heteroatoms. The minimum atomic E-state index is 0.0487. The molecular formula is C13H25NO2. The lowest BCUT2D eigenvalue weighted by molar-refractivity contribution is -0.0591. The highest BCUT2D eigenvalue weighted by Crippen LogP contribution is 2.30. The summed E-state index contributed by atoms with van der Waals surface area (Å²) in [6, 6.07) is 0. The fourth-order valence-electron chi connectivity index (χ4n) is 3.05. The van der Waals surface area contributed by atoms with Crippen molar-refractivity contribution in [3.63, 3.8) is 0 Å². The molecule has 2 fully saturated rings. The van der Waals surface area contributed by atoms with Crippen LogP contribution in [-0.2, 0) is 4.74 Å². The number of hydrogen-bond donors (Lipinski definition) is 1. The van der Waals surface area contributed by atoms with Gasteiger partial charge in [-0.25, -0.2) is 0 Å². The molecule has 0 unspecified atom stereocenters. The van der Waals surface area contributed by atoms with E-state index in [1.54, 1.807) is 0 Å². The maximum absolute atomic E-state index is 9.11. The van der Waals surface area contributed by atoms with Gasteiger partial charge < -0.3 is 9.84 Å². The number of aliphatic hydroxyl groups is 1. The van der Waals surface area contributed by atoms with Gasteiger partial charge in [-0.05, 0) is 18.3 Å². The molecule has 0 aromatic heterocycles. The van der Waals surface area contributed by atoms with Crippen LogP contribution in [0.1, 0.15) is 32.6 Å². The number of aliphatic hydroxyl groups excluding tert-OH is 1. The lowest BCUT2D eigenvalue weighted by atomic mass is 9.80. The van der Waals surface area contributed by atoms with Crippen LogP contribution in [0.3, 0.4) is 0 Å². The predicted molar refractivity (Wildman–Crippen MR) is 64.4 cm³/mol. The number of ether oxygens (including phenoxy) is 1. The molecule has 16 heavy (non-hydrogen) atoms. The zero-order valence-corrected chi connectivity index (χ0v) is 10.4. The second-order valence-corrected chi connectivity index (χ2v) is 5.46. The van der Waals surface area contributed by atoms with Crippen molar-refractivity contribution in [1.29, 1.82) is 0 Å². The average molecular weight is 227 g/mol. The Kier molecular flexibility index (Phi) is 4.62. The van der Waals surface area contributed by atoms with Gasteiger partial charge in [0.25, 0.3) is 0 Å². The Morgan fingerprint density at radius 2 is 2.12 bits per heavy atom. The van der Waals surface area contributed by atoms with Gasteiger partial charge in [-0.2, -0.15) is 0 Å². The van der Waals surface area contributed by atoms with Crippen LogP contribution < -0.4 is 0 Å². The lowest BCUT2D eigenvalue weighted by Gasteiger charge is -2.37. The first kappa shape index (κ1) is 12.3. The van der Waals surface area contributed by atoms with Gasteiger partial charge in [0.15, 0.2) is 0 Å². The molecule has 1 saturated heterocycles.